The quantitative estimate of drug-likeness (QED) is 0.768. The molecule has 1 aromatic carbocycles. The van der Waals surface area contributed by atoms with Gasteiger partial charge >= 0.3 is 0 Å². The Morgan fingerprint density at radius 1 is 1.29 bits per heavy atom. The Morgan fingerprint density at radius 3 is 2.95 bits per heavy atom. The van der Waals surface area contributed by atoms with Crippen molar-refractivity contribution in [2.75, 3.05) is 0 Å². The summed E-state index contributed by atoms with van der Waals surface area (Å²) in [5, 5.41) is 15.7. The lowest BCUT2D eigenvalue weighted by Crippen LogP contribution is -1.98. The van der Waals surface area contributed by atoms with Crippen LogP contribution in [0.3, 0.4) is 0 Å². The molecule has 2 aromatic heterocycles. The Balaban J connectivity index is 1.95. The maximum atomic E-state index is 9.11. The zero-order valence-electron chi connectivity index (χ0n) is 11.4. The molecule has 0 atom stereocenters. The summed E-state index contributed by atoms with van der Waals surface area (Å²) in [4.78, 5) is 7.02. The van der Waals surface area contributed by atoms with E-state index in [0.29, 0.717) is 18.1 Å². The first-order chi connectivity index (χ1) is 10.3. The highest BCUT2D eigenvalue weighted by Crippen LogP contribution is 2.32. The molecular weight excluding hydrogens is 266 g/mol. The van der Waals surface area contributed by atoms with Crippen LogP contribution in [0, 0.1) is 18.3 Å². The number of H-pyrrole nitrogens is 2. The molecule has 0 aliphatic rings. The van der Waals surface area contributed by atoms with Crippen molar-refractivity contribution in [1.82, 2.24) is 20.2 Å². The van der Waals surface area contributed by atoms with E-state index in [1.165, 1.54) is 0 Å². The zero-order chi connectivity index (χ0) is 14.7. The molecule has 0 amide bonds. The number of hydrogen-bond donors (Lipinski definition) is 2. The number of aromatic nitrogens is 4. The van der Waals surface area contributed by atoms with Crippen molar-refractivity contribution in [1.29, 1.82) is 5.26 Å². The summed E-state index contributed by atoms with van der Waals surface area (Å²) in [7, 11) is 0. The van der Waals surface area contributed by atoms with E-state index >= 15 is 0 Å². The maximum Gasteiger partial charge on any atom is 0.170 e. The van der Waals surface area contributed by atoms with Crippen LogP contribution in [-0.2, 0) is 6.61 Å². The molecule has 0 spiro atoms. The number of hydrogen-bond acceptors (Lipinski definition) is 4. The van der Waals surface area contributed by atoms with Crippen LogP contribution in [0.1, 0.15) is 17.0 Å². The van der Waals surface area contributed by atoms with Crippen molar-refractivity contribution in [3.63, 3.8) is 0 Å². The fourth-order valence-corrected chi connectivity index (χ4v) is 2.07. The summed E-state index contributed by atoms with van der Waals surface area (Å²) in [5.41, 5.74) is 3.81. The number of benzene rings is 1. The maximum absolute atomic E-state index is 9.11. The number of nitriles is 1. The van der Waals surface area contributed by atoms with Gasteiger partial charge in [0, 0.05) is 23.5 Å². The molecule has 104 valence electrons. The average Bonchev–Trinajstić information content (AvgIpc) is 3.16. The Kier molecular flexibility index (Phi) is 3.39. The van der Waals surface area contributed by atoms with Gasteiger partial charge in [0.15, 0.2) is 5.69 Å². The van der Waals surface area contributed by atoms with Crippen LogP contribution in [-0.4, -0.2) is 20.2 Å². The lowest BCUT2D eigenvalue weighted by molar-refractivity contribution is 0.303. The van der Waals surface area contributed by atoms with Crippen LogP contribution in [0.5, 0.6) is 5.75 Å². The summed E-state index contributed by atoms with van der Waals surface area (Å²) >= 11 is 0. The minimum atomic E-state index is 0.350. The van der Waals surface area contributed by atoms with E-state index in [4.69, 9.17) is 10.00 Å². The molecule has 2 N–H and O–H groups in total. The number of imidazole rings is 1. The molecule has 0 aliphatic heterocycles. The van der Waals surface area contributed by atoms with Gasteiger partial charge in [-0.25, -0.2) is 4.98 Å². The SMILES string of the molecule is Cc1ccc(-c2c[nH]nc2C#N)c(OCc2c[nH]cn2)c1. The van der Waals surface area contributed by atoms with E-state index in [-0.39, 0.29) is 0 Å². The number of rotatable bonds is 4. The molecule has 0 saturated heterocycles. The number of nitrogens with zero attached hydrogens (tertiary/aromatic N) is 3. The first-order valence-electron chi connectivity index (χ1n) is 6.43. The van der Waals surface area contributed by atoms with Crippen molar-refractivity contribution < 1.29 is 4.74 Å². The largest absolute Gasteiger partial charge is 0.487 e. The van der Waals surface area contributed by atoms with E-state index in [1.54, 1.807) is 18.7 Å². The average molecular weight is 279 g/mol. The Hall–Kier alpha value is -3.07. The zero-order valence-corrected chi connectivity index (χ0v) is 11.4. The Labute approximate surface area is 121 Å². The van der Waals surface area contributed by atoms with Crippen LogP contribution >= 0.6 is 0 Å². The van der Waals surface area contributed by atoms with Gasteiger partial charge in [-0.05, 0) is 18.6 Å². The first kappa shape index (κ1) is 12.9. The van der Waals surface area contributed by atoms with Gasteiger partial charge in [-0.15, -0.1) is 0 Å². The summed E-state index contributed by atoms with van der Waals surface area (Å²) in [6.07, 6.45) is 5.10. The van der Waals surface area contributed by atoms with Gasteiger partial charge in [0.1, 0.15) is 18.4 Å². The number of aryl methyl sites for hydroxylation is 1. The van der Waals surface area contributed by atoms with Crippen molar-refractivity contribution in [2.45, 2.75) is 13.5 Å². The third kappa shape index (κ3) is 2.62. The lowest BCUT2D eigenvalue weighted by Gasteiger charge is -2.11. The number of aromatic amines is 2. The summed E-state index contributed by atoms with van der Waals surface area (Å²) in [6, 6.07) is 7.92. The predicted molar refractivity (Wildman–Crippen MR) is 76.4 cm³/mol. The normalized spacial score (nSPS) is 10.3. The van der Waals surface area contributed by atoms with E-state index < -0.39 is 0 Å². The third-order valence-corrected chi connectivity index (χ3v) is 3.10. The van der Waals surface area contributed by atoms with E-state index in [9.17, 15) is 0 Å². The highest BCUT2D eigenvalue weighted by molar-refractivity contribution is 5.74. The molecular formula is C15H13N5O. The lowest BCUT2D eigenvalue weighted by atomic mass is 10.0. The van der Waals surface area contributed by atoms with Crippen molar-refractivity contribution in [3.8, 4) is 22.9 Å². The van der Waals surface area contributed by atoms with Gasteiger partial charge in [-0.3, -0.25) is 5.10 Å². The van der Waals surface area contributed by atoms with Gasteiger partial charge in [0.05, 0.1) is 12.0 Å². The van der Waals surface area contributed by atoms with E-state index in [2.05, 4.69) is 26.2 Å². The summed E-state index contributed by atoms with van der Waals surface area (Å²) in [5.74, 6) is 0.705. The molecule has 3 rings (SSSR count). The van der Waals surface area contributed by atoms with Crippen LogP contribution < -0.4 is 4.74 Å². The van der Waals surface area contributed by atoms with Crippen LogP contribution in [0.4, 0.5) is 0 Å². The molecule has 3 aromatic rings. The van der Waals surface area contributed by atoms with Crippen LogP contribution in [0.2, 0.25) is 0 Å². The van der Waals surface area contributed by atoms with Gasteiger partial charge in [0.2, 0.25) is 0 Å². The topological polar surface area (TPSA) is 90.4 Å². The van der Waals surface area contributed by atoms with Gasteiger partial charge < -0.3 is 9.72 Å². The highest BCUT2D eigenvalue weighted by atomic mass is 16.5. The van der Waals surface area contributed by atoms with E-state index in [0.717, 1.165) is 22.4 Å². The molecule has 0 bridgehead atoms. The van der Waals surface area contributed by atoms with Crippen molar-refractivity contribution in [2.24, 2.45) is 0 Å². The third-order valence-electron chi connectivity index (χ3n) is 3.10. The summed E-state index contributed by atoms with van der Waals surface area (Å²) < 4.78 is 5.85. The Morgan fingerprint density at radius 2 is 2.19 bits per heavy atom. The standard InChI is InChI=1S/C15H13N5O/c1-10-2-3-12(13-7-19-20-14(13)5-16)15(4-10)21-8-11-6-17-9-18-11/h2-4,6-7,9H,8H2,1H3,(H,17,18)(H,19,20). The molecule has 0 fully saturated rings. The molecule has 6 nitrogen and oxygen atoms in total. The smallest absolute Gasteiger partial charge is 0.170 e. The van der Waals surface area contributed by atoms with Gasteiger partial charge in [-0.1, -0.05) is 12.1 Å². The fraction of sp³-hybridized carbons (Fsp3) is 0.133. The first-order valence-corrected chi connectivity index (χ1v) is 6.43. The second-order valence-electron chi connectivity index (χ2n) is 4.61. The summed E-state index contributed by atoms with van der Waals surface area (Å²) in [6.45, 7) is 2.35. The van der Waals surface area contributed by atoms with Gasteiger partial charge in [-0.2, -0.15) is 10.4 Å². The molecule has 0 saturated carbocycles. The molecule has 2 heterocycles. The minimum absolute atomic E-state index is 0.350. The van der Waals surface area contributed by atoms with Crippen LogP contribution in [0.25, 0.3) is 11.1 Å². The van der Waals surface area contributed by atoms with Gasteiger partial charge in [0.25, 0.3) is 0 Å². The molecule has 0 unspecified atom stereocenters. The van der Waals surface area contributed by atoms with E-state index in [1.807, 2.05) is 25.1 Å². The fourth-order valence-electron chi connectivity index (χ4n) is 2.07. The number of ether oxygens (including phenoxy) is 1. The molecule has 6 heteroatoms. The Bertz CT molecular complexity index is 783. The molecule has 0 aliphatic carbocycles. The molecule has 0 radical (unpaired) electrons. The van der Waals surface area contributed by atoms with Crippen molar-refractivity contribution >= 4 is 0 Å². The second kappa shape index (κ2) is 5.51. The highest BCUT2D eigenvalue weighted by Gasteiger charge is 2.13. The number of nitrogens with one attached hydrogen (secondary N) is 2. The van der Waals surface area contributed by atoms with Crippen LogP contribution in [0.15, 0.2) is 36.9 Å². The van der Waals surface area contributed by atoms with Crippen molar-refractivity contribution in [3.05, 3.63) is 53.9 Å². The minimum Gasteiger partial charge on any atom is -0.487 e. The molecule has 21 heavy (non-hydrogen) atoms. The predicted octanol–water partition coefficient (Wildman–Crippen LogP) is 2.56. The monoisotopic (exact) mass is 279 g/mol. The second-order valence-corrected chi connectivity index (χ2v) is 4.61.